The van der Waals surface area contributed by atoms with E-state index in [1.54, 1.807) is 0 Å². The molecule has 3 nitrogen and oxygen atoms in total. The SMILES string of the molecule is CC(C)(C)[Si](C)(C)OCCOCCO[Si](c1ccccc1)(c1ccccc1)C(C)(C)C. The van der Waals surface area contributed by atoms with E-state index in [9.17, 15) is 0 Å². The molecule has 5 heteroatoms. The van der Waals surface area contributed by atoms with E-state index < -0.39 is 16.6 Å². The molecule has 0 aliphatic rings. The average Bonchev–Trinajstić information content (AvgIpc) is 2.69. The van der Waals surface area contributed by atoms with E-state index in [-0.39, 0.29) is 10.1 Å². The Kier molecular flexibility index (Phi) is 8.88. The Hall–Kier alpha value is -1.25. The van der Waals surface area contributed by atoms with Gasteiger partial charge in [-0.2, -0.15) is 0 Å². The molecule has 0 N–H and O–H groups in total. The first kappa shape index (κ1) is 26.0. The van der Waals surface area contributed by atoms with Crippen molar-refractivity contribution < 1.29 is 13.6 Å². The summed E-state index contributed by atoms with van der Waals surface area (Å²) < 4.78 is 19.0. The van der Waals surface area contributed by atoms with Gasteiger partial charge in [0.15, 0.2) is 8.32 Å². The van der Waals surface area contributed by atoms with Crippen molar-refractivity contribution in [3.63, 3.8) is 0 Å². The molecule has 2 aromatic carbocycles. The molecule has 0 aromatic heterocycles. The third-order valence-corrected chi connectivity index (χ3v) is 16.0. The van der Waals surface area contributed by atoms with Crippen LogP contribution in [0.1, 0.15) is 41.5 Å². The highest BCUT2D eigenvalue weighted by atomic mass is 28.4. The van der Waals surface area contributed by atoms with E-state index in [4.69, 9.17) is 13.6 Å². The summed E-state index contributed by atoms with van der Waals surface area (Å²) in [7, 11) is -4.20. The predicted molar refractivity (Wildman–Crippen MR) is 138 cm³/mol. The molecule has 0 aliphatic heterocycles. The van der Waals surface area contributed by atoms with Crippen molar-refractivity contribution in [2.24, 2.45) is 0 Å². The van der Waals surface area contributed by atoms with Crippen LogP contribution in [0.2, 0.25) is 23.2 Å². The molecule has 31 heavy (non-hydrogen) atoms. The van der Waals surface area contributed by atoms with Crippen LogP contribution in [-0.4, -0.2) is 43.1 Å². The third-order valence-electron chi connectivity index (χ3n) is 6.46. The fraction of sp³-hybridized carbons (Fsp3) is 0.538. The minimum atomic E-state index is -2.48. The molecule has 0 fully saturated rings. The third kappa shape index (κ3) is 6.39. The normalized spacial score (nSPS) is 13.4. The van der Waals surface area contributed by atoms with E-state index >= 15 is 0 Å². The Balaban J connectivity index is 2.05. The lowest BCUT2D eigenvalue weighted by atomic mass is 10.2. The number of rotatable bonds is 10. The molecule has 172 valence electrons. The van der Waals surface area contributed by atoms with E-state index in [1.807, 2.05) is 0 Å². The highest BCUT2D eigenvalue weighted by molar-refractivity contribution is 6.99. The van der Waals surface area contributed by atoms with Gasteiger partial charge in [-0.25, -0.2) is 0 Å². The van der Waals surface area contributed by atoms with E-state index in [0.717, 1.165) is 0 Å². The highest BCUT2D eigenvalue weighted by Gasteiger charge is 2.50. The zero-order chi connectivity index (χ0) is 23.2. The summed E-state index contributed by atoms with van der Waals surface area (Å²) in [6.45, 7) is 20.6. The lowest BCUT2D eigenvalue weighted by molar-refractivity contribution is 0.0708. The van der Waals surface area contributed by atoms with Gasteiger partial charge >= 0.3 is 0 Å². The fourth-order valence-electron chi connectivity index (χ4n) is 3.69. The van der Waals surface area contributed by atoms with Gasteiger partial charge in [-0.3, -0.25) is 0 Å². The first-order chi connectivity index (χ1) is 14.4. The molecule has 0 saturated carbocycles. The second-order valence-corrected chi connectivity index (χ2v) is 19.8. The van der Waals surface area contributed by atoms with Gasteiger partial charge in [-0.15, -0.1) is 0 Å². The van der Waals surface area contributed by atoms with Gasteiger partial charge < -0.3 is 13.6 Å². The molecule has 0 saturated heterocycles. The van der Waals surface area contributed by atoms with Crippen molar-refractivity contribution in [2.75, 3.05) is 26.4 Å². The molecule has 0 unspecified atom stereocenters. The number of hydrogen-bond acceptors (Lipinski definition) is 3. The predicted octanol–water partition coefficient (Wildman–Crippen LogP) is 5.60. The number of ether oxygens (including phenoxy) is 1. The maximum atomic E-state index is 6.85. The summed E-state index contributed by atoms with van der Waals surface area (Å²) >= 11 is 0. The van der Waals surface area contributed by atoms with Gasteiger partial charge in [-0.05, 0) is 33.5 Å². The molecule has 0 aliphatic carbocycles. The second kappa shape index (κ2) is 10.6. The zero-order valence-corrected chi connectivity index (χ0v) is 22.8. The van der Waals surface area contributed by atoms with Gasteiger partial charge in [0.1, 0.15) is 0 Å². The van der Waals surface area contributed by atoms with Crippen molar-refractivity contribution >= 4 is 27.0 Å². The van der Waals surface area contributed by atoms with Crippen LogP contribution in [0.5, 0.6) is 0 Å². The summed E-state index contributed by atoms with van der Waals surface area (Å²) in [5.74, 6) is 0. The van der Waals surface area contributed by atoms with E-state index in [0.29, 0.717) is 26.4 Å². The van der Waals surface area contributed by atoms with Crippen LogP contribution < -0.4 is 10.4 Å². The van der Waals surface area contributed by atoms with Crippen LogP contribution in [-0.2, 0) is 13.6 Å². The molecule has 2 aromatic rings. The lowest BCUT2D eigenvalue weighted by Gasteiger charge is -2.43. The minimum absolute atomic E-state index is 0.0127. The Labute approximate surface area is 192 Å². The molecule has 0 spiro atoms. The van der Waals surface area contributed by atoms with Gasteiger partial charge in [0.05, 0.1) is 26.4 Å². The fourth-order valence-corrected chi connectivity index (χ4v) is 9.26. The quantitative estimate of drug-likeness (QED) is 0.342. The molecule has 0 radical (unpaired) electrons. The monoisotopic (exact) mass is 458 g/mol. The largest absolute Gasteiger partial charge is 0.414 e. The van der Waals surface area contributed by atoms with Crippen LogP contribution in [0.3, 0.4) is 0 Å². The Morgan fingerprint density at radius 3 is 1.39 bits per heavy atom. The summed E-state index contributed by atoms with van der Waals surface area (Å²) in [5.41, 5.74) is 0. The van der Waals surface area contributed by atoms with Crippen molar-refractivity contribution in [1.82, 2.24) is 0 Å². The first-order valence-electron chi connectivity index (χ1n) is 11.4. The minimum Gasteiger partial charge on any atom is -0.414 e. The topological polar surface area (TPSA) is 27.7 Å². The Bertz CT molecular complexity index is 738. The summed E-state index contributed by atoms with van der Waals surface area (Å²) in [4.78, 5) is 0. The highest BCUT2D eigenvalue weighted by Crippen LogP contribution is 2.37. The van der Waals surface area contributed by atoms with Gasteiger partial charge in [-0.1, -0.05) is 102 Å². The molecule has 2 rings (SSSR count). The van der Waals surface area contributed by atoms with Crippen molar-refractivity contribution in [3.8, 4) is 0 Å². The molecule has 0 atom stereocenters. The molecule has 0 amide bonds. The average molecular weight is 459 g/mol. The van der Waals surface area contributed by atoms with Crippen molar-refractivity contribution in [3.05, 3.63) is 60.7 Å². The zero-order valence-electron chi connectivity index (χ0n) is 20.8. The number of hydrogen-bond donors (Lipinski definition) is 0. The molecule has 0 heterocycles. The maximum absolute atomic E-state index is 6.85. The Morgan fingerprint density at radius 2 is 1.00 bits per heavy atom. The lowest BCUT2D eigenvalue weighted by Crippen LogP contribution is -2.66. The smallest absolute Gasteiger partial charge is 0.261 e. The van der Waals surface area contributed by atoms with Gasteiger partial charge in [0.2, 0.25) is 0 Å². The molecular weight excluding hydrogens is 416 g/mol. The summed E-state index contributed by atoms with van der Waals surface area (Å²) in [5, 5.41) is 2.81. The van der Waals surface area contributed by atoms with Crippen LogP contribution in [0.15, 0.2) is 60.7 Å². The van der Waals surface area contributed by atoms with Crippen LogP contribution >= 0.6 is 0 Å². The molecule has 0 bridgehead atoms. The first-order valence-corrected chi connectivity index (χ1v) is 16.2. The number of benzene rings is 2. The van der Waals surface area contributed by atoms with Crippen LogP contribution in [0.4, 0.5) is 0 Å². The molecular formula is C26H42O3Si2. The summed E-state index contributed by atoms with van der Waals surface area (Å²) in [6.07, 6.45) is 0. The summed E-state index contributed by atoms with van der Waals surface area (Å²) in [6, 6.07) is 21.5. The van der Waals surface area contributed by atoms with Crippen LogP contribution in [0, 0.1) is 0 Å². The van der Waals surface area contributed by atoms with Gasteiger partial charge in [0.25, 0.3) is 8.32 Å². The van der Waals surface area contributed by atoms with Gasteiger partial charge in [0, 0.05) is 0 Å². The van der Waals surface area contributed by atoms with Crippen LogP contribution in [0.25, 0.3) is 0 Å². The van der Waals surface area contributed by atoms with Crippen molar-refractivity contribution in [1.29, 1.82) is 0 Å². The van der Waals surface area contributed by atoms with E-state index in [1.165, 1.54) is 10.4 Å². The van der Waals surface area contributed by atoms with Crippen molar-refractivity contribution in [2.45, 2.75) is 64.7 Å². The standard InChI is InChI=1S/C26H42O3Si2/c1-25(2,3)30(7,8)28-21-19-27-20-22-29-31(26(4,5)6,23-15-11-9-12-16-23)24-17-13-10-14-18-24/h9-18H,19-22H2,1-8H3. The van der Waals surface area contributed by atoms with E-state index in [2.05, 4.69) is 115 Å². The second-order valence-electron chi connectivity index (χ2n) is 10.7. The Morgan fingerprint density at radius 1 is 0.581 bits per heavy atom. The maximum Gasteiger partial charge on any atom is 0.261 e.